The lowest BCUT2D eigenvalue weighted by Gasteiger charge is -2.18. The molecular weight excluding hydrogens is 240 g/mol. The van der Waals surface area contributed by atoms with Gasteiger partial charge in [-0.3, -0.25) is 4.68 Å². The first-order valence-corrected chi connectivity index (χ1v) is 6.85. The lowest BCUT2D eigenvalue weighted by molar-refractivity contribution is 0.161. The molecule has 19 heavy (non-hydrogen) atoms. The molecule has 0 aliphatic rings. The molecule has 1 heterocycles. The quantitative estimate of drug-likeness (QED) is 0.722. The van der Waals surface area contributed by atoms with E-state index >= 15 is 0 Å². The fraction of sp³-hybridized carbons (Fsp3) is 0.786. The summed E-state index contributed by atoms with van der Waals surface area (Å²) in [6.07, 6.45) is 4.05. The summed E-state index contributed by atoms with van der Waals surface area (Å²) in [5, 5.41) is 7.83. The Balaban J connectivity index is 2.21. The predicted molar refractivity (Wildman–Crippen MR) is 78.3 cm³/mol. The molecule has 0 bridgehead atoms. The highest BCUT2D eigenvalue weighted by Crippen LogP contribution is 2.12. The standard InChI is InChI=1S/C14H28N4O/c1-14(2,3)18-12-13(11-16-18)10-15-6-7-17(4)8-9-19-5/h11-12,15H,6-10H2,1-5H3. The first-order chi connectivity index (χ1) is 8.93. The van der Waals surface area contributed by atoms with Crippen molar-refractivity contribution in [1.82, 2.24) is 20.0 Å². The van der Waals surface area contributed by atoms with Gasteiger partial charge in [0.2, 0.25) is 0 Å². The molecule has 0 aliphatic heterocycles. The van der Waals surface area contributed by atoms with Crippen molar-refractivity contribution >= 4 is 0 Å². The van der Waals surface area contributed by atoms with E-state index in [1.54, 1.807) is 7.11 Å². The smallest absolute Gasteiger partial charge is 0.0589 e. The zero-order chi connectivity index (χ0) is 14.3. The van der Waals surface area contributed by atoms with Gasteiger partial charge < -0.3 is 15.0 Å². The average molecular weight is 268 g/mol. The van der Waals surface area contributed by atoms with Gasteiger partial charge in [-0.05, 0) is 27.8 Å². The Kier molecular flexibility index (Phi) is 6.48. The highest BCUT2D eigenvalue weighted by molar-refractivity contribution is 5.04. The van der Waals surface area contributed by atoms with Crippen molar-refractivity contribution in [2.24, 2.45) is 0 Å². The molecule has 0 spiro atoms. The van der Waals surface area contributed by atoms with Crippen molar-refractivity contribution in [3.63, 3.8) is 0 Å². The molecule has 0 saturated heterocycles. The second kappa shape index (κ2) is 7.62. The Hall–Kier alpha value is -0.910. The summed E-state index contributed by atoms with van der Waals surface area (Å²) in [6, 6.07) is 0. The Morgan fingerprint density at radius 1 is 1.37 bits per heavy atom. The minimum Gasteiger partial charge on any atom is -0.383 e. The summed E-state index contributed by atoms with van der Waals surface area (Å²) in [5.41, 5.74) is 1.29. The zero-order valence-electron chi connectivity index (χ0n) is 12.9. The molecule has 0 aromatic carbocycles. The fourth-order valence-electron chi connectivity index (χ4n) is 1.68. The first kappa shape index (κ1) is 16.1. The molecule has 1 aromatic rings. The van der Waals surface area contributed by atoms with E-state index < -0.39 is 0 Å². The lowest BCUT2D eigenvalue weighted by atomic mass is 10.1. The van der Waals surface area contributed by atoms with Crippen LogP contribution in [0.1, 0.15) is 26.3 Å². The van der Waals surface area contributed by atoms with Gasteiger partial charge in [-0.25, -0.2) is 0 Å². The topological polar surface area (TPSA) is 42.3 Å². The summed E-state index contributed by atoms with van der Waals surface area (Å²) in [5.74, 6) is 0. The van der Waals surface area contributed by atoms with Crippen LogP contribution in [-0.4, -0.2) is 55.1 Å². The molecular formula is C14H28N4O. The van der Waals surface area contributed by atoms with Gasteiger partial charge >= 0.3 is 0 Å². The van der Waals surface area contributed by atoms with Crippen LogP contribution >= 0.6 is 0 Å². The number of nitrogens with zero attached hydrogens (tertiary/aromatic N) is 3. The fourth-order valence-corrected chi connectivity index (χ4v) is 1.68. The molecule has 5 heteroatoms. The zero-order valence-corrected chi connectivity index (χ0v) is 12.9. The van der Waals surface area contributed by atoms with Crippen LogP contribution in [0.2, 0.25) is 0 Å². The molecule has 0 radical (unpaired) electrons. The second-order valence-corrected chi connectivity index (χ2v) is 5.94. The molecule has 0 saturated carbocycles. The van der Waals surface area contributed by atoms with Gasteiger partial charge in [-0.1, -0.05) is 0 Å². The molecule has 0 atom stereocenters. The van der Waals surface area contributed by atoms with E-state index in [2.05, 4.69) is 49.3 Å². The van der Waals surface area contributed by atoms with Crippen LogP contribution in [0.5, 0.6) is 0 Å². The average Bonchev–Trinajstić information content (AvgIpc) is 2.80. The number of hydrogen-bond donors (Lipinski definition) is 1. The molecule has 1 rings (SSSR count). The summed E-state index contributed by atoms with van der Waals surface area (Å²) in [4.78, 5) is 2.26. The number of aromatic nitrogens is 2. The van der Waals surface area contributed by atoms with Crippen LogP contribution in [0, 0.1) is 0 Å². The van der Waals surface area contributed by atoms with Gasteiger partial charge in [-0.15, -0.1) is 0 Å². The number of hydrogen-bond acceptors (Lipinski definition) is 4. The van der Waals surface area contributed by atoms with Crippen LogP contribution in [0.4, 0.5) is 0 Å². The predicted octanol–water partition coefficient (Wildman–Crippen LogP) is 1.31. The van der Waals surface area contributed by atoms with E-state index in [0.29, 0.717) is 0 Å². The largest absolute Gasteiger partial charge is 0.383 e. The third kappa shape index (κ3) is 6.18. The Morgan fingerprint density at radius 3 is 2.68 bits per heavy atom. The molecule has 0 fully saturated rings. The Labute approximate surface area is 116 Å². The maximum Gasteiger partial charge on any atom is 0.0589 e. The maximum absolute atomic E-state index is 5.05. The van der Waals surface area contributed by atoms with Crippen molar-refractivity contribution in [2.45, 2.75) is 32.9 Å². The second-order valence-electron chi connectivity index (χ2n) is 5.94. The van der Waals surface area contributed by atoms with Crippen LogP contribution in [0.3, 0.4) is 0 Å². The van der Waals surface area contributed by atoms with E-state index in [0.717, 1.165) is 32.8 Å². The van der Waals surface area contributed by atoms with Gasteiger partial charge in [0.15, 0.2) is 0 Å². The summed E-state index contributed by atoms with van der Waals surface area (Å²) in [7, 11) is 3.84. The van der Waals surface area contributed by atoms with Gasteiger partial charge in [0.25, 0.3) is 0 Å². The number of likely N-dealkylation sites (N-methyl/N-ethyl adjacent to an activating group) is 1. The van der Waals surface area contributed by atoms with E-state index in [1.807, 2.05) is 10.9 Å². The Morgan fingerprint density at radius 2 is 2.11 bits per heavy atom. The van der Waals surface area contributed by atoms with E-state index in [1.165, 1.54) is 5.56 Å². The molecule has 1 aromatic heterocycles. The SMILES string of the molecule is COCCN(C)CCNCc1cnn(C(C)(C)C)c1. The number of rotatable bonds is 8. The summed E-state index contributed by atoms with van der Waals surface area (Å²) < 4.78 is 7.06. The molecule has 0 unspecified atom stereocenters. The van der Waals surface area contributed by atoms with E-state index in [9.17, 15) is 0 Å². The number of methoxy groups -OCH3 is 1. The lowest BCUT2D eigenvalue weighted by Crippen LogP contribution is -2.31. The first-order valence-electron chi connectivity index (χ1n) is 6.85. The van der Waals surface area contributed by atoms with Crippen molar-refractivity contribution in [1.29, 1.82) is 0 Å². The van der Waals surface area contributed by atoms with Crippen molar-refractivity contribution in [3.05, 3.63) is 18.0 Å². The Bertz CT molecular complexity index is 357. The van der Waals surface area contributed by atoms with Crippen LogP contribution in [-0.2, 0) is 16.8 Å². The van der Waals surface area contributed by atoms with Crippen molar-refractivity contribution < 1.29 is 4.74 Å². The molecule has 0 amide bonds. The summed E-state index contributed by atoms with van der Waals surface area (Å²) in [6.45, 7) is 11.1. The van der Waals surface area contributed by atoms with Gasteiger partial charge in [-0.2, -0.15) is 5.10 Å². The maximum atomic E-state index is 5.05. The highest BCUT2D eigenvalue weighted by atomic mass is 16.5. The normalized spacial score (nSPS) is 12.3. The molecule has 110 valence electrons. The van der Waals surface area contributed by atoms with E-state index in [-0.39, 0.29) is 5.54 Å². The van der Waals surface area contributed by atoms with Gasteiger partial charge in [0, 0.05) is 45.0 Å². The van der Waals surface area contributed by atoms with E-state index in [4.69, 9.17) is 4.74 Å². The highest BCUT2D eigenvalue weighted by Gasteiger charge is 2.13. The van der Waals surface area contributed by atoms with Gasteiger partial charge in [0.1, 0.15) is 0 Å². The van der Waals surface area contributed by atoms with Crippen LogP contribution in [0.15, 0.2) is 12.4 Å². The monoisotopic (exact) mass is 268 g/mol. The molecule has 1 N–H and O–H groups in total. The minimum atomic E-state index is 0.0542. The van der Waals surface area contributed by atoms with Crippen LogP contribution < -0.4 is 5.32 Å². The van der Waals surface area contributed by atoms with Crippen molar-refractivity contribution in [2.75, 3.05) is 40.4 Å². The van der Waals surface area contributed by atoms with Crippen LogP contribution in [0.25, 0.3) is 0 Å². The molecule has 5 nitrogen and oxygen atoms in total. The van der Waals surface area contributed by atoms with Crippen molar-refractivity contribution in [3.8, 4) is 0 Å². The summed E-state index contributed by atoms with van der Waals surface area (Å²) >= 11 is 0. The number of nitrogens with one attached hydrogen (secondary N) is 1. The van der Waals surface area contributed by atoms with Gasteiger partial charge in [0.05, 0.1) is 18.3 Å². The minimum absolute atomic E-state index is 0.0542. The number of ether oxygens (including phenoxy) is 1. The third-order valence-corrected chi connectivity index (χ3v) is 3.00. The molecule has 0 aliphatic carbocycles. The third-order valence-electron chi connectivity index (χ3n) is 3.00.